The standard InChI is InChI=1S/C19H20FN3O2S/c1-15-2-7-18(20)19(12-15)26(24,25)23-10-8-22(9-11-23)14-17-5-3-16(13-21)4-6-17/h2-7,12H,8-11,14H2,1H3. The van der Waals surface area contributed by atoms with Gasteiger partial charge in [0.25, 0.3) is 0 Å². The molecule has 0 aliphatic carbocycles. The SMILES string of the molecule is Cc1ccc(F)c(S(=O)(=O)N2CCN(Cc3ccc(C#N)cc3)CC2)c1. The van der Waals surface area contributed by atoms with E-state index in [-0.39, 0.29) is 4.90 Å². The molecular formula is C19H20FN3O2S. The predicted molar refractivity (Wildman–Crippen MR) is 96.3 cm³/mol. The summed E-state index contributed by atoms with van der Waals surface area (Å²) in [6.45, 7) is 4.24. The van der Waals surface area contributed by atoms with Gasteiger partial charge in [0.2, 0.25) is 10.0 Å². The Labute approximate surface area is 153 Å². The third kappa shape index (κ3) is 3.93. The first kappa shape index (κ1) is 18.5. The van der Waals surface area contributed by atoms with E-state index in [0.717, 1.165) is 5.56 Å². The second-order valence-corrected chi connectivity index (χ2v) is 8.33. The van der Waals surface area contributed by atoms with Gasteiger partial charge in [0.1, 0.15) is 10.7 Å². The zero-order valence-corrected chi connectivity index (χ0v) is 15.3. The van der Waals surface area contributed by atoms with Crippen LogP contribution in [0.25, 0.3) is 0 Å². The molecule has 0 amide bonds. The fraction of sp³-hybridized carbons (Fsp3) is 0.316. The molecule has 3 rings (SSSR count). The largest absolute Gasteiger partial charge is 0.296 e. The van der Waals surface area contributed by atoms with Gasteiger partial charge in [-0.2, -0.15) is 9.57 Å². The normalized spacial score (nSPS) is 16.3. The molecule has 26 heavy (non-hydrogen) atoms. The van der Waals surface area contributed by atoms with Crippen LogP contribution in [0.3, 0.4) is 0 Å². The van der Waals surface area contributed by atoms with E-state index < -0.39 is 15.8 Å². The van der Waals surface area contributed by atoms with Crippen molar-refractivity contribution in [2.45, 2.75) is 18.4 Å². The van der Waals surface area contributed by atoms with E-state index in [0.29, 0.717) is 43.9 Å². The number of sulfonamides is 1. The lowest BCUT2D eigenvalue weighted by atomic mass is 10.1. The van der Waals surface area contributed by atoms with Crippen LogP contribution in [0.5, 0.6) is 0 Å². The summed E-state index contributed by atoms with van der Waals surface area (Å²) in [6, 6.07) is 13.6. The highest BCUT2D eigenvalue weighted by atomic mass is 32.2. The predicted octanol–water partition coefficient (Wildman–Crippen LogP) is 2.51. The number of nitrogens with zero attached hydrogens (tertiary/aromatic N) is 3. The molecule has 1 aliphatic rings. The molecule has 0 aromatic heterocycles. The van der Waals surface area contributed by atoms with Gasteiger partial charge >= 0.3 is 0 Å². The van der Waals surface area contributed by atoms with E-state index in [2.05, 4.69) is 11.0 Å². The summed E-state index contributed by atoms with van der Waals surface area (Å²) in [5.41, 5.74) is 2.40. The molecule has 0 bridgehead atoms. The minimum Gasteiger partial charge on any atom is -0.296 e. The third-order valence-electron chi connectivity index (χ3n) is 4.53. The molecule has 1 aliphatic heterocycles. The summed E-state index contributed by atoms with van der Waals surface area (Å²) in [5.74, 6) is -0.712. The highest BCUT2D eigenvalue weighted by Crippen LogP contribution is 2.22. The monoisotopic (exact) mass is 373 g/mol. The van der Waals surface area contributed by atoms with Crippen LogP contribution in [0, 0.1) is 24.1 Å². The maximum atomic E-state index is 14.0. The molecule has 0 unspecified atom stereocenters. The van der Waals surface area contributed by atoms with Crippen molar-refractivity contribution in [1.82, 2.24) is 9.21 Å². The van der Waals surface area contributed by atoms with Gasteiger partial charge in [-0.25, -0.2) is 12.8 Å². The number of halogens is 1. The summed E-state index contributed by atoms with van der Waals surface area (Å²) in [7, 11) is -3.82. The molecule has 0 radical (unpaired) electrons. The molecule has 2 aromatic carbocycles. The van der Waals surface area contributed by atoms with Crippen LogP contribution in [-0.4, -0.2) is 43.8 Å². The van der Waals surface area contributed by atoms with Crippen molar-refractivity contribution < 1.29 is 12.8 Å². The molecule has 5 nitrogen and oxygen atoms in total. The van der Waals surface area contributed by atoms with Gasteiger partial charge < -0.3 is 0 Å². The first-order valence-corrected chi connectivity index (χ1v) is 9.82. The zero-order chi connectivity index (χ0) is 18.7. The number of nitriles is 1. The molecular weight excluding hydrogens is 353 g/mol. The van der Waals surface area contributed by atoms with Crippen molar-refractivity contribution in [3.63, 3.8) is 0 Å². The lowest BCUT2D eigenvalue weighted by molar-refractivity contribution is 0.181. The van der Waals surface area contributed by atoms with Crippen molar-refractivity contribution in [3.8, 4) is 6.07 Å². The second kappa shape index (κ2) is 7.54. The molecule has 136 valence electrons. The molecule has 1 heterocycles. The van der Waals surface area contributed by atoms with Crippen LogP contribution in [-0.2, 0) is 16.6 Å². The number of aryl methyl sites for hydroxylation is 1. The van der Waals surface area contributed by atoms with Crippen molar-refractivity contribution >= 4 is 10.0 Å². The Morgan fingerprint density at radius 2 is 1.73 bits per heavy atom. The fourth-order valence-corrected chi connectivity index (χ4v) is 4.59. The van der Waals surface area contributed by atoms with Crippen LogP contribution in [0.1, 0.15) is 16.7 Å². The Balaban J connectivity index is 1.66. The van der Waals surface area contributed by atoms with Gasteiger partial charge in [0.15, 0.2) is 0 Å². The van der Waals surface area contributed by atoms with E-state index in [9.17, 15) is 12.8 Å². The van der Waals surface area contributed by atoms with E-state index in [1.807, 2.05) is 12.1 Å². The molecule has 0 N–H and O–H groups in total. The van der Waals surface area contributed by atoms with Gasteiger partial charge in [0.05, 0.1) is 11.6 Å². The topological polar surface area (TPSA) is 64.4 Å². The first-order valence-electron chi connectivity index (χ1n) is 8.38. The highest BCUT2D eigenvalue weighted by Gasteiger charge is 2.30. The Hall–Kier alpha value is -2.27. The summed E-state index contributed by atoms with van der Waals surface area (Å²) >= 11 is 0. The molecule has 7 heteroatoms. The van der Waals surface area contributed by atoms with Crippen LogP contribution in [0.2, 0.25) is 0 Å². The maximum Gasteiger partial charge on any atom is 0.246 e. The first-order chi connectivity index (χ1) is 12.4. The lowest BCUT2D eigenvalue weighted by Crippen LogP contribution is -2.48. The van der Waals surface area contributed by atoms with Crippen LogP contribution >= 0.6 is 0 Å². The van der Waals surface area contributed by atoms with Gasteiger partial charge in [-0.05, 0) is 42.3 Å². The molecule has 1 saturated heterocycles. The minimum atomic E-state index is -3.82. The third-order valence-corrected chi connectivity index (χ3v) is 6.44. The number of hydrogen-bond donors (Lipinski definition) is 0. The van der Waals surface area contributed by atoms with Crippen molar-refractivity contribution in [2.75, 3.05) is 26.2 Å². The Bertz CT molecular complexity index is 928. The van der Waals surface area contributed by atoms with Crippen LogP contribution in [0.15, 0.2) is 47.4 Å². The molecule has 1 fully saturated rings. The number of rotatable bonds is 4. The summed E-state index contributed by atoms with van der Waals surface area (Å²) in [5, 5.41) is 8.84. The van der Waals surface area contributed by atoms with E-state index in [4.69, 9.17) is 5.26 Å². The quantitative estimate of drug-likeness (QED) is 0.826. The second-order valence-electron chi connectivity index (χ2n) is 6.42. The van der Waals surface area contributed by atoms with Gasteiger partial charge in [0, 0.05) is 32.7 Å². The van der Waals surface area contributed by atoms with Crippen LogP contribution in [0.4, 0.5) is 4.39 Å². The van der Waals surface area contributed by atoms with Gasteiger partial charge in [-0.1, -0.05) is 18.2 Å². The van der Waals surface area contributed by atoms with E-state index in [1.165, 1.54) is 16.4 Å². The highest BCUT2D eigenvalue weighted by molar-refractivity contribution is 7.89. The minimum absolute atomic E-state index is 0.252. The maximum absolute atomic E-state index is 14.0. The number of hydrogen-bond acceptors (Lipinski definition) is 4. The Morgan fingerprint density at radius 1 is 1.08 bits per heavy atom. The Kier molecular flexibility index (Phi) is 5.37. The van der Waals surface area contributed by atoms with Crippen molar-refractivity contribution in [2.24, 2.45) is 0 Å². The summed E-state index contributed by atoms with van der Waals surface area (Å²) in [6.07, 6.45) is 0. The number of benzene rings is 2. The van der Waals surface area contributed by atoms with Gasteiger partial charge in [-0.3, -0.25) is 4.90 Å². The van der Waals surface area contributed by atoms with E-state index in [1.54, 1.807) is 25.1 Å². The average molecular weight is 373 g/mol. The summed E-state index contributed by atoms with van der Waals surface area (Å²) in [4.78, 5) is 1.90. The molecule has 0 atom stereocenters. The van der Waals surface area contributed by atoms with Crippen LogP contribution < -0.4 is 0 Å². The van der Waals surface area contributed by atoms with Crippen molar-refractivity contribution in [3.05, 3.63) is 65.0 Å². The average Bonchev–Trinajstić information content (AvgIpc) is 2.65. The lowest BCUT2D eigenvalue weighted by Gasteiger charge is -2.34. The molecule has 0 saturated carbocycles. The number of piperazine rings is 1. The summed E-state index contributed by atoms with van der Waals surface area (Å²) < 4.78 is 40.8. The van der Waals surface area contributed by atoms with Crippen molar-refractivity contribution in [1.29, 1.82) is 5.26 Å². The van der Waals surface area contributed by atoms with E-state index >= 15 is 0 Å². The smallest absolute Gasteiger partial charge is 0.246 e. The zero-order valence-electron chi connectivity index (χ0n) is 14.5. The Morgan fingerprint density at radius 3 is 2.35 bits per heavy atom. The molecule has 2 aromatic rings. The fourth-order valence-electron chi connectivity index (χ4n) is 3.02. The molecule has 0 spiro atoms. The van der Waals surface area contributed by atoms with Gasteiger partial charge in [-0.15, -0.1) is 0 Å².